The van der Waals surface area contributed by atoms with E-state index in [9.17, 15) is 0 Å². The Hall–Kier alpha value is -7.90. The lowest BCUT2D eigenvalue weighted by Crippen LogP contribution is -2.35. The average molecular weight is 746 g/mol. The number of aliphatic imine (C=N–C) groups is 2. The van der Waals surface area contributed by atoms with Gasteiger partial charge in [0.15, 0.2) is 6.17 Å². The number of aromatic nitrogens is 2. The lowest BCUT2D eigenvalue weighted by atomic mass is 10.0. The number of furan rings is 2. The molecule has 0 amide bonds. The highest BCUT2D eigenvalue weighted by Crippen LogP contribution is 2.39. The standard InChI is InChI=1S/C51H31N5O2/c1-6-21-40-31(13-1)32-14-2-7-22-41(32)55(40)30-27-28-35-36-18-11-20-39(48(36)58-46(35)29-30)50-52-49(38-19-12-26-45-47(38)37-17-5-10-25-44(37)57-45)53-51(54-50)56-42-23-8-3-15-33(42)34-16-4-9-24-43(34)56/h1-29,50H,(H,52,53,54). The maximum absolute atomic E-state index is 6.94. The van der Waals surface area contributed by atoms with Gasteiger partial charge in [-0.1, -0.05) is 121 Å². The minimum atomic E-state index is -0.531. The van der Waals surface area contributed by atoms with Crippen LogP contribution in [-0.2, 0) is 0 Å². The van der Waals surface area contributed by atoms with Gasteiger partial charge in [0.25, 0.3) is 0 Å². The van der Waals surface area contributed by atoms with Crippen LogP contribution in [0.5, 0.6) is 0 Å². The number of para-hydroxylation sites is 6. The quantitative estimate of drug-likeness (QED) is 0.196. The third-order valence-corrected chi connectivity index (χ3v) is 11.8. The molecule has 0 spiro atoms. The summed E-state index contributed by atoms with van der Waals surface area (Å²) in [6, 6.07) is 61.3. The van der Waals surface area contributed by atoms with Gasteiger partial charge in [-0.3, -0.25) is 4.57 Å². The molecule has 1 aliphatic heterocycles. The zero-order valence-electron chi connectivity index (χ0n) is 30.9. The van der Waals surface area contributed by atoms with Gasteiger partial charge in [0, 0.05) is 66.0 Å². The van der Waals surface area contributed by atoms with E-state index in [1.54, 1.807) is 0 Å². The van der Waals surface area contributed by atoms with Crippen LogP contribution in [0.2, 0.25) is 0 Å². The Balaban J connectivity index is 1.03. The highest BCUT2D eigenvalue weighted by atomic mass is 16.3. The first kappa shape index (κ1) is 31.3. The van der Waals surface area contributed by atoms with Crippen molar-refractivity contribution in [3.63, 3.8) is 0 Å². The van der Waals surface area contributed by atoms with E-state index in [-0.39, 0.29) is 0 Å². The predicted octanol–water partition coefficient (Wildman–Crippen LogP) is 12.6. The maximum atomic E-state index is 6.94. The molecule has 4 aromatic heterocycles. The van der Waals surface area contributed by atoms with Crippen LogP contribution in [0.25, 0.3) is 93.2 Å². The number of hydrogen-bond donors (Lipinski definition) is 1. The molecule has 7 nitrogen and oxygen atoms in total. The summed E-state index contributed by atoms with van der Waals surface area (Å²) in [6.45, 7) is 0. The number of benzene rings is 8. The molecule has 58 heavy (non-hydrogen) atoms. The molecule has 0 fully saturated rings. The third-order valence-electron chi connectivity index (χ3n) is 11.8. The smallest absolute Gasteiger partial charge is 0.234 e. The molecule has 0 saturated heterocycles. The number of nitrogens with one attached hydrogen (secondary N) is 1. The highest BCUT2D eigenvalue weighted by molar-refractivity contribution is 6.22. The SMILES string of the molecule is c1ccc2c(c1)oc1cccc(C3=NC(n4c5ccccc5c5ccccc54)=NC(c4cccc5c4oc4cc(-n6c7ccccc7c7ccccc76)ccc45)N3)c12. The summed E-state index contributed by atoms with van der Waals surface area (Å²) in [5, 5.41) is 12.6. The molecule has 1 atom stereocenters. The normalized spacial score (nSPS) is 14.7. The first-order valence-electron chi connectivity index (χ1n) is 19.5. The molecule has 5 heterocycles. The van der Waals surface area contributed by atoms with Crippen molar-refractivity contribution in [3.8, 4) is 5.69 Å². The van der Waals surface area contributed by atoms with E-state index >= 15 is 0 Å². The minimum absolute atomic E-state index is 0.531. The molecular formula is C51H31N5O2. The molecule has 1 unspecified atom stereocenters. The largest absolute Gasteiger partial charge is 0.456 e. The van der Waals surface area contributed by atoms with Crippen molar-refractivity contribution in [1.82, 2.24) is 14.5 Å². The van der Waals surface area contributed by atoms with Gasteiger partial charge in [-0.2, -0.15) is 4.99 Å². The van der Waals surface area contributed by atoms with Crippen LogP contribution < -0.4 is 5.32 Å². The number of amidine groups is 1. The second kappa shape index (κ2) is 11.8. The van der Waals surface area contributed by atoms with Gasteiger partial charge >= 0.3 is 0 Å². The Bertz CT molecular complexity index is 3640. The van der Waals surface area contributed by atoms with Gasteiger partial charge in [-0.05, 0) is 48.5 Å². The molecule has 13 rings (SSSR count). The van der Waals surface area contributed by atoms with Gasteiger partial charge in [-0.25, -0.2) is 4.99 Å². The molecule has 0 aliphatic carbocycles. The molecule has 0 bridgehead atoms. The Morgan fingerprint density at radius 3 is 1.71 bits per heavy atom. The maximum Gasteiger partial charge on any atom is 0.234 e. The van der Waals surface area contributed by atoms with Crippen molar-refractivity contribution >= 4 is 99.3 Å². The van der Waals surface area contributed by atoms with Crippen molar-refractivity contribution in [2.75, 3.05) is 0 Å². The first-order chi connectivity index (χ1) is 28.8. The summed E-state index contributed by atoms with van der Waals surface area (Å²) in [6.07, 6.45) is -0.531. The van der Waals surface area contributed by atoms with Crippen LogP contribution in [0.3, 0.4) is 0 Å². The molecular weight excluding hydrogens is 715 g/mol. The lowest BCUT2D eigenvalue weighted by molar-refractivity contribution is 0.626. The van der Waals surface area contributed by atoms with Gasteiger partial charge in [0.05, 0.1) is 22.1 Å². The molecule has 7 heteroatoms. The van der Waals surface area contributed by atoms with Gasteiger partial charge in [0.1, 0.15) is 28.2 Å². The van der Waals surface area contributed by atoms with E-state index < -0.39 is 6.17 Å². The summed E-state index contributed by atoms with van der Waals surface area (Å²) in [5.74, 6) is 1.29. The zero-order valence-corrected chi connectivity index (χ0v) is 30.9. The molecule has 1 N–H and O–H groups in total. The van der Waals surface area contributed by atoms with Crippen LogP contribution in [0.1, 0.15) is 17.3 Å². The Labute approximate surface area is 330 Å². The molecule has 8 aromatic carbocycles. The summed E-state index contributed by atoms with van der Waals surface area (Å²) in [5.41, 5.74) is 10.5. The van der Waals surface area contributed by atoms with E-state index in [0.717, 1.165) is 93.5 Å². The zero-order chi connectivity index (χ0) is 37.9. The van der Waals surface area contributed by atoms with Crippen molar-refractivity contribution in [1.29, 1.82) is 0 Å². The van der Waals surface area contributed by atoms with Gasteiger partial charge < -0.3 is 18.7 Å². The third kappa shape index (κ3) is 4.38. The summed E-state index contributed by atoms with van der Waals surface area (Å²) in [7, 11) is 0. The average Bonchev–Trinajstić information content (AvgIpc) is 4.03. The highest BCUT2D eigenvalue weighted by Gasteiger charge is 2.28. The van der Waals surface area contributed by atoms with Crippen LogP contribution in [0.4, 0.5) is 0 Å². The van der Waals surface area contributed by atoms with Crippen LogP contribution in [0, 0.1) is 0 Å². The number of nitrogens with zero attached hydrogens (tertiary/aromatic N) is 4. The summed E-state index contributed by atoms with van der Waals surface area (Å²) in [4.78, 5) is 10.8. The van der Waals surface area contributed by atoms with Gasteiger partial charge in [0.2, 0.25) is 5.96 Å². The van der Waals surface area contributed by atoms with Crippen molar-refractivity contribution in [2.45, 2.75) is 6.17 Å². The topological polar surface area (TPSA) is 72.9 Å². The fourth-order valence-electron chi connectivity index (χ4n) is 9.31. The minimum Gasteiger partial charge on any atom is -0.456 e. The lowest BCUT2D eigenvalue weighted by Gasteiger charge is -2.24. The Kier molecular flexibility index (Phi) is 6.37. The molecule has 12 aromatic rings. The first-order valence-corrected chi connectivity index (χ1v) is 19.5. The molecule has 0 radical (unpaired) electrons. The fraction of sp³-hybridized carbons (Fsp3) is 0.0196. The van der Waals surface area contributed by atoms with Crippen LogP contribution in [-0.4, -0.2) is 20.9 Å². The number of fused-ring (bicyclic) bond motifs is 12. The second-order valence-corrected chi connectivity index (χ2v) is 15.0. The molecule has 0 saturated carbocycles. The van der Waals surface area contributed by atoms with E-state index in [1.807, 2.05) is 30.3 Å². The molecule has 1 aliphatic rings. The predicted molar refractivity (Wildman–Crippen MR) is 236 cm³/mol. The van der Waals surface area contributed by atoms with Crippen molar-refractivity contribution in [3.05, 3.63) is 187 Å². The summed E-state index contributed by atoms with van der Waals surface area (Å²) < 4.78 is 17.8. The van der Waals surface area contributed by atoms with Gasteiger partial charge in [-0.15, -0.1) is 0 Å². The second-order valence-electron chi connectivity index (χ2n) is 15.0. The fourth-order valence-corrected chi connectivity index (χ4v) is 9.31. The Morgan fingerprint density at radius 2 is 1.02 bits per heavy atom. The van der Waals surface area contributed by atoms with Crippen molar-refractivity contribution < 1.29 is 8.83 Å². The summed E-state index contributed by atoms with van der Waals surface area (Å²) >= 11 is 0. The van der Waals surface area contributed by atoms with E-state index in [2.05, 4.69) is 160 Å². The van der Waals surface area contributed by atoms with E-state index in [4.69, 9.17) is 18.8 Å². The number of rotatable bonds is 3. The number of hydrogen-bond acceptors (Lipinski definition) is 5. The van der Waals surface area contributed by atoms with E-state index in [0.29, 0.717) is 11.8 Å². The van der Waals surface area contributed by atoms with Crippen molar-refractivity contribution in [2.24, 2.45) is 9.98 Å². The van der Waals surface area contributed by atoms with Crippen LogP contribution >= 0.6 is 0 Å². The Morgan fingerprint density at radius 1 is 0.448 bits per heavy atom. The van der Waals surface area contributed by atoms with E-state index in [1.165, 1.54) is 10.8 Å². The monoisotopic (exact) mass is 745 g/mol. The van der Waals surface area contributed by atoms with Crippen LogP contribution in [0.15, 0.2) is 195 Å². The molecule has 272 valence electrons.